The second-order valence-electron chi connectivity index (χ2n) is 9.15. The molecule has 0 spiro atoms. The second-order valence-corrected chi connectivity index (χ2v) is 9.15. The van der Waals surface area contributed by atoms with Gasteiger partial charge in [0.1, 0.15) is 24.0 Å². The lowest BCUT2D eigenvalue weighted by Crippen LogP contribution is -2.46. The molecule has 7 nitrogen and oxygen atoms in total. The van der Waals surface area contributed by atoms with E-state index in [1.54, 1.807) is 37.3 Å². The largest absolute Gasteiger partial charge is 0.491 e. The van der Waals surface area contributed by atoms with Gasteiger partial charge in [-0.15, -0.1) is 0 Å². The highest BCUT2D eigenvalue weighted by atomic mass is 19.1. The first-order chi connectivity index (χ1) is 16.6. The van der Waals surface area contributed by atoms with Crippen molar-refractivity contribution in [3.63, 3.8) is 0 Å². The summed E-state index contributed by atoms with van der Waals surface area (Å²) >= 11 is 0. The van der Waals surface area contributed by atoms with Crippen molar-refractivity contribution < 1.29 is 27.8 Å². The Hall–Kier alpha value is -3.04. The number of hydrogen-bond acceptors (Lipinski definition) is 5. The topological polar surface area (TPSA) is 71.1 Å². The summed E-state index contributed by atoms with van der Waals surface area (Å²) < 4.78 is 40.0. The third-order valence-electron chi connectivity index (χ3n) is 6.28. The summed E-state index contributed by atoms with van der Waals surface area (Å²) in [4.78, 5) is 28.4. The molecule has 0 fully saturated rings. The van der Waals surface area contributed by atoms with Gasteiger partial charge in [-0.1, -0.05) is 6.92 Å². The molecule has 35 heavy (non-hydrogen) atoms. The molecule has 0 bridgehead atoms. The standard InChI is InChI=1S/C26H33F2N3O4/c1-16-12-31(13-19-10-20(27)6-8-23(19)28)17(2)15-35-24-9-7-21(29-18(3)32)11-22(24)26(33)30(4)14-25(16)34-5/h6-11,16-17,25H,12-15H2,1-5H3,(H,29,32)/t16-,17+,25+/m1/s1. The zero-order valence-electron chi connectivity index (χ0n) is 20.8. The minimum absolute atomic E-state index is 0.0288. The lowest BCUT2D eigenvalue weighted by molar-refractivity contribution is -0.114. The van der Waals surface area contributed by atoms with Crippen molar-refractivity contribution in [2.75, 3.05) is 39.2 Å². The normalized spacial score (nSPS) is 22.0. The number of fused-ring (bicyclic) bond motifs is 1. The first-order valence-electron chi connectivity index (χ1n) is 11.6. The van der Waals surface area contributed by atoms with E-state index in [9.17, 15) is 18.4 Å². The summed E-state index contributed by atoms with van der Waals surface area (Å²) in [6.07, 6.45) is -0.293. The summed E-state index contributed by atoms with van der Waals surface area (Å²) in [5, 5.41) is 2.69. The zero-order chi connectivity index (χ0) is 25.7. The third kappa shape index (κ3) is 6.76. The molecule has 0 unspecified atom stereocenters. The van der Waals surface area contributed by atoms with E-state index in [0.717, 1.165) is 12.1 Å². The Labute approximate surface area is 205 Å². The van der Waals surface area contributed by atoms with Gasteiger partial charge in [0.15, 0.2) is 0 Å². The number of methoxy groups -OCH3 is 1. The van der Waals surface area contributed by atoms with E-state index in [-0.39, 0.29) is 48.6 Å². The van der Waals surface area contributed by atoms with E-state index in [2.05, 4.69) is 5.32 Å². The van der Waals surface area contributed by atoms with Crippen molar-refractivity contribution in [2.45, 2.75) is 39.5 Å². The number of nitrogens with zero attached hydrogens (tertiary/aromatic N) is 2. The van der Waals surface area contributed by atoms with Gasteiger partial charge in [-0.25, -0.2) is 8.78 Å². The molecule has 3 rings (SSSR count). The number of rotatable bonds is 4. The lowest BCUT2D eigenvalue weighted by atomic mass is 10.0. The molecule has 2 amide bonds. The number of amides is 2. The van der Waals surface area contributed by atoms with E-state index < -0.39 is 11.6 Å². The number of benzene rings is 2. The van der Waals surface area contributed by atoms with Crippen LogP contribution < -0.4 is 10.1 Å². The van der Waals surface area contributed by atoms with Gasteiger partial charge in [0, 0.05) is 58.0 Å². The van der Waals surface area contributed by atoms with Crippen LogP contribution in [-0.2, 0) is 16.1 Å². The molecule has 0 radical (unpaired) electrons. The van der Waals surface area contributed by atoms with Gasteiger partial charge in [-0.05, 0) is 49.2 Å². The van der Waals surface area contributed by atoms with Crippen LogP contribution in [0.2, 0.25) is 0 Å². The van der Waals surface area contributed by atoms with Gasteiger partial charge in [-0.2, -0.15) is 0 Å². The quantitative estimate of drug-likeness (QED) is 0.705. The van der Waals surface area contributed by atoms with Gasteiger partial charge < -0.3 is 19.7 Å². The maximum atomic E-state index is 14.4. The Morgan fingerprint density at radius 2 is 1.91 bits per heavy atom. The highest BCUT2D eigenvalue weighted by molar-refractivity contribution is 5.99. The molecule has 1 aliphatic heterocycles. The summed E-state index contributed by atoms with van der Waals surface area (Å²) in [5.41, 5.74) is 1.07. The van der Waals surface area contributed by atoms with Crippen LogP contribution in [0, 0.1) is 17.6 Å². The number of anilines is 1. The summed E-state index contributed by atoms with van der Waals surface area (Å²) in [5.74, 6) is -1.12. The van der Waals surface area contributed by atoms with E-state index in [1.807, 2.05) is 18.7 Å². The van der Waals surface area contributed by atoms with Crippen LogP contribution in [0.25, 0.3) is 0 Å². The van der Waals surface area contributed by atoms with Crippen molar-refractivity contribution in [3.05, 3.63) is 59.2 Å². The van der Waals surface area contributed by atoms with Crippen LogP contribution in [0.4, 0.5) is 14.5 Å². The number of carbonyl (C=O) groups is 2. The molecule has 190 valence electrons. The van der Waals surface area contributed by atoms with Crippen molar-refractivity contribution in [2.24, 2.45) is 5.92 Å². The fraction of sp³-hybridized carbons (Fsp3) is 0.462. The molecule has 0 aromatic heterocycles. The summed E-state index contributed by atoms with van der Waals surface area (Å²) in [6.45, 7) is 6.58. The average molecular weight is 490 g/mol. The molecule has 1 heterocycles. The maximum absolute atomic E-state index is 14.4. The predicted octanol–water partition coefficient (Wildman–Crippen LogP) is 3.93. The summed E-state index contributed by atoms with van der Waals surface area (Å²) in [7, 11) is 3.28. The number of hydrogen-bond donors (Lipinski definition) is 1. The van der Waals surface area contributed by atoms with Gasteiger partial charge in [-0.3, -0.25) is 14.5 Å². The molecule has 3 atom stereocenters. The van der Waals surface area contributed by atoms with Crippen molar-refractivity contribution in [3.8, 4) is 5.75 Å². The minimum atomic E-state index is -0.494. The Morgan fingerprint density at radius 1 is 1.17 bits per heavy atom. The van der Waals surface area contributed by atoms with Crippen molar-refractivity contribution >= 4 is 17.5 Å². The molecule has 2 aromatic rings. The van der Waals surface area contributed by atoms with Gasteiger partial charge in [0.25, 0.3) is 5.91 Å². The van der Waals surface area contributed by atoms with Crippen LogP contribution in [0.1, 0.15) is 36.7 Å². The highest BCUT2D eigenvalue weighted by Gasteiger charge is 2.29. The van der Waals surface area contributed by atoms with Gasteiger partial charge >= 0.3 is 0 Å². The molecular weight excluding hydrogens is 456 g/mol. The molecule has 0 aliphatic carbocycles. The average Bonchev–Trinajstić information content (AvgIpc) is 2.81. The van der Waals surface area contributed by atoms with E-state index in [0.29, 0.717) is 30.1 Å². The minimum Gasteiger partial charge on any atom is -0.491 e. The summed E-state index contributed by atoms with van der Waals surface area (Å²) in [6, 6.07) is 8.17. The van der Waals surface area contributed by atoms with Crippen molar-refractivity contribution in [1.82, 2.24) is 9.80 Å². The Kier molecular flexibility index (Phi) is 8.80. The molecule has 1 N–H and O–H groups in total. The Bertz CT molecular complexity index is 1060. The van der Waals surface area contributed by atoms with E-state index in [4.69, 9.17) is 9.47 Å². The first-order valence-corrected chi connectivity index (χ1v) is 11.6. The van der Waals surface area contributed by atoms with Crippen molar-refractivity contribution in [1.29, 1.82) is 0 Å². The molecule has 0 saturated carbocycles. The fourth-order valence-electron chi connectivity index (χ4n) is 4.24. The van der Waals surface area contributed by atoms with Crippen LogP contribution in [0.3, 0.4) is 0 Å². The monoisotopic (exact) mass is 489 g/mol. The molecule has 0 saturated heterocycles. The van der Waals surface area contributed by atoms with Gasteiger partial charge in [0.2, 0.25) is 5.91 Å². The lowest BCUT2D eigenvalue weighted by Gasteiger charge is -2.36. The Balaban J connectivity index is 1.96. The van der Waals surface area contributed by atoms with Gasteiger partial charge in [0.05, 0.1) is 11.7 Å². The van der Waals surface area contributed by atoms with E-state index >= 15 is 0 Å². The molecule has 1 aliphatic rings. The maximum Gasteiger partial charge on any atom is 0.257 e. The zero-order valence-corrected chi connectivity index (χ0v) is 20.8. The number of nitrogens with one attached hydrogen (secondary N) is 1. The van der Waals surface area contributed by atoms with Crippen LogP contribution in [0.5, 0.6) is 5.75 Å². The molecular formula is C26H33F2N3O4. The Morgan fingerprint density at radius 3 is 2.60 bits per heavy atom. The number of carbonyl (C=O) groups excluding carboxylic acids is 2. The third-order valence-corrected chi connectivity index (χ3v) is 6.28. The first kappa shape index (κ1) is 26.6. The SMILES string of the molecule is CO[C@H]1CN(C)C(=O)c2cc(NC(C)=O)ccc2OC[C@H](C)N(Cc2cc(F)ccc2F)C[C@H]1C. The second kappa shape index (κ2) is 11.6. The molecule has 9 heteroatoms. The molecule has 2 aromatic carbocycles. The predicted molar refractivity (Wildman–Crippen MR) is 129 cm³/mol. The smallest absolute Gasteiger partial charge is 0.257 e. The number of likely N-dealkylation sites (N-methyl/N-ethyl adjacent to an activating group) is 1. The number of ether oxygens (including phenoxy) is 2. The van der Waals surface area contributed by atoms with Crippen LogP contribution in [0.15, 0.2) is 36.4 Å². The number of halogens is 2. The highest BCUT2D eigenvalue weighted by Crippen LogP contribution is 2.27. The fourth-order valence-corrected chi connectivity index (χ4v) is 4.24. The van der Waals surface area contributed by atoms with Crippen LogP contribution >= 0.6 is 0 Å². The van der Waals surface area contributed by atoms with E-state index in [1.165, 1.54) is 13.0 Å². The van der Waals surface area contributed by atoms with Crippen LogP contribution in [-0.4, -0.2) is 67.6 Å².